The fourth-order valence-corrected chi connectivity index (χ4v) is 2.08. The van der Waals surface area contributed by atoms with Crippen LogP contribution in [0.4, 0.5) is 0 Å². The molecular formula is C8H7ClNS+. The van der Waals surface area contributed by atoms with E-state index in [0.717, 1.165) is 5.02 Å². The SMILES string of the molecule is C[n+]1csc2ccc(Cl)cc21. The molecule has 3 heteroatoms. The zero-order valence-electron chi connectivity index (χ0n) is 6.04. The van der Waals surface area contributed by atoms with Crippen LogP contribution in [0.1, 0.15) is 0 Å². The zero-order chi connectivity index (χ0) is 7.84. The van der Waals surface area contributed by atoms with Crippen molar-refractivity contribution in [2.24, 2.45) is 7.05 Å². The van der Waals surface area contributed by atoms with Crippen LogP contribution in [-0.4, -0.2) is 0 Å². The number of hydrogen-bond acceptors (Lipinski definition) is 1. The quantitative estimate of drug-likeness (QED) is 0.554. The van der Waals surface area contributed by atoms with Gasteiger partial charge in [0.1, 0.15) is 11.7 Å². The van der Waals surface area contributed by atoms with E-state index >= 15 is 0 Å². The van der Waals surface area contributed by atoms with Gasteiger partial charge in [-0.3, -0.25) is 0 Å². The lowest BCUT2D eigenvalue weighted by Crippen LogP contribution is -2.24. The summed E-state index contributed by atoms with van der Waals surface area (Å²) in [6, 6.07) is 5.94. The Kier molecular flexibility index (Phi) is 1.59. The molecule has 0 aliphatic rings. The number of fused-ring (bicyclic) bond motifs is 1. The maximum absolute atomic E-state index is 5.84. The van der Waals surface area contributed by atoms with Gasteiger partial charge >= 0.3 is 0 Å². The summed E-state index contributed by atoms with van der Waals surface area (Å²) in [7, 11) is 2.02. The Labute approximate surface area is 73.9 Å². The van der Waals surface area contributed by atoms with Gasteiger partial charge in [0.05, 0.1) is 0 Å². The van der Waals surface area contributed by atoms with Crippen LogP contribution in [0.5, 0.6) is 0 Å². The van der Waals surface area contributed by atoms with Gasteiger partial charge in [0.2, 0.25) is 11.0 Å². The van der Waals surface area contributed by atoms with Crippen LogP contribution in [0.3, 0.4) is 0 Å². The number of aromatic nitrogens is 1. The normalized spacial score (nSPS) is 10.7. The largest absolute Gasteiger partial charge is 0.225 e. The van der Waals surface area contributed by atoms with Crippen molar-refractivity contribution in [1.82, 2.24) is 0 Å². The van der Waals surface area contributed by atoms with E-state index in [1.54, 1.807) is 11.3 Å². The molecule has 0 atom stereocenters. The van der Waals surface area contributed by atoms with Crippen LogP contribution in [0.15, 0.2) is 23.7 Å². The molecule has 2 aromatic rings. The molecule has 1 nitrogen and oxygen atoms in total. The molecule has 1 heterocycles. The van der Waals surface area contributed by atoms with Gasteiger partial charge in [-0.05, 0) is 12.1 Å². The third-order valence-corrected chi connectivity index (χ3v) is 2.89. The minimum Gasteiger partial charge on any atom is -0.191 e. The topological polar surface area (TPSA) is 3.88 Å². The second-order valence-electron chi connectivity index (χ2n) is 2.45. The second-order valence-corrected chi connectivity index (χ2v) is 3.77. The monoisotopic (exact) mass is 184 g/mol. The molecule has 0 N–H and O–H groups in total. The molecule has 0 unspecified atom stereocenters. The Bertz CT molecular complexity index is 394. The van der Waals surface area contributed by atoms with Crippen molar-refractivity contribution in [2.75, 3.05) is 0 Å². The maximum Gasteiger partial charge on any atom is 0.225 e. The zero-order valence-corrected chi connectivity index (χ0v) is 7.62. The number of hydrogen-bond donors (Lipinski definition) is 0. The summed E-state index contributed by atoms with van der Waals surface area (Å²) < 4.78 is 3.35. The number of benzene rings is 1. The first-order chi connectivity index (χ1) is 5.27. The lowest BCUT2D eigenvalue weighted by Gasteiger charge is -1.86. The number of halogens is 1. The van der Waals surface area contributed by atoms with Crippen LogP contribution >= 0.6 is 22.9 Å². The summed E-state index contributed by atoms with van der Waals surface area (Å²) in [4.78, 5) is 0. The van der Waals surface area contributed by atoms with E-state index in [1.165, 1.54) is 10.2 Å². The smallest absolute Gasteiger partial charge is 0.191 e. The first kappa shape index (κ1) is 7.07. The number of rotatable bonds is 0. The average Bonchev–Trinajstić information content (AvgIpc) is 2.33. The molecule has 0 spiro atoms. The molecule has 0 saturated carbocycles. The van der Waals surface area contributed by atoms with Gasteiger partial charge in [0.15, 0.2) is 0 Å². The summed E-state index contributed by atoms with van der Waals surface area (Å²) in [5, 5.41) is 0.798. The van der Waals surface area contributed by atoms with E-state index in [4.69, 9.17) is 11.6 Å². The van der Waals surface area contributed by atoms with Crippen LogP contribution in [0, 0.1) is 0 Å². The molecule has 0 bridgehead atoms. The van der Waals surface area contributed by atoms with Crippen molar-refractivity contribution in [2.45, 2.75) is 0 Å². The van der Waals surface area contributed by atoms with Gasteiger partial charge in [0, 0.05) is 11.1 Å². The molecule has 2 rings (SSSR count). The third-order valence-electron chi connectivity index (χ3n) is 1.64. The van der Waals surface area contributed by atoms with Gasteiger partial charge in [-0.2, -0.15) is 4.57 Å². The van der Waals surface area contributed by atoms with Gasteiger partial charge in [0.25, 0.3) is 0 Å². The lowest BCUT2D eigenvalue weighted by atomic mass is 10.3. The number of nitrogens with zero attached hydrogens (tertiary/aromatic N) is 1. The summed E-state index contributed by atoms with van der Waals surface area (Å²) in [5.74, 6) is 0. The van der Waals surface area contributed by atoms with Crippen molar-refractivity contribution in [3.05, 3.63) is 28.7 Å². The summed E-state index contributed by atoms with van der Waals surface area (Å²) in [6.45, 7) is 0. The highest BCUT2D eigenvalue weighted by molar-refractivity contribution is 7.16. The van der Waals surface area contributed by atoms with Crippen molar-refractivity contribution in [3.63, 3.8) is 0 Å². The predicted octanol–water partition coefficient (Wildman–Crippen LogP) is 2.38. The van der Waals surface area contributed by atoms with Crippen molar-refractivity contribution in [3.8, 4) is 0 Å². The van der Waals surface area contributed by atoms with Crippen molar-refractivity contribution >= 4 is 33.2 Å². The maximum atomic E-state index is 5.84. The van der Waals surface area contributed by atoms with E-state index in [2.05, 4.69) is 10.1 Å². The van der Waals surface area contributed by atoms with Crippen molar-refractivity contribution in [1.29, 1.82) is 0 Å². The minimum absolute atomic E-state index is 0.798. The van der Waals surface area contributed by atoms with Crippen molar-refractivity contribution < 1.29 is 4.57 Å². The van der Waals surface area contributed by atoms with Crippen LogP contribution in [0.2, 0.25) is 5.02 Å². The van der Waals surface area contributed by atoms with E-state index in [-0.39, 0.29) is 0 Å². The van der Waals surface area contributed by atoms with Gasteiger partial charge in [-0.25, -0.2) is 0 Å². The van der Waals surface area contributed by atoms with Crippen LogP contribution in [0.25, 0.3) is 10.2 Å². The number of aryl methyl sites for hydroxylation is 1. The molecule has 0 amide bonds. The average molecular weight is 185 g/mol. The molecule has 1 aromatic carbocycles. The first-order valence-electron chi connectivity index (χ1n) is 3.30. The highest BCUT2D eigenvalue weighted by Crippen LogP contribution is 2.19. The van der Waals surface area contributed by atoms with Gasteiger partial charge < -0.3 is 0 Å². The third kappa shape index (κ3) is 1.12. The Hall–Kier alpha value is -0.600. The van der Waals surface area contributed by atoms with Crippen LogP contribution < -0.4 is 4.57 Å². The molecule has 0 fully saturated rings. The molecule has 56 valence electrons. The summed E-state index contributed by atoms with van der Waals surface area (Å²) >= 11 is 7.57. The first-order valence-corrected chi connectivity index (χ1v) is 4.55. The fourth-order valence-electron chi connectivity index (χ4n) is 1.06. The van der Waals surface area contributed by atoms with E-state index in [9.17, 15) is 0 Å². The highest BCUT2D eigenvalue weighted by Gasteiger charge is 2.06. The fraction of sp³-hybridized carbons (Fsp3) is 0.125. The molecule has 0 radical (unpaired) electrons. The van der Waals surface area contributed by atoms with E-state index in [0.29, 0.717) is 0 Å². The van der Waals surface area contributed by atoms with Gasteiger partial charge in [-0.15, -0.1) is 0 Å². The number of thiazole rings is 1. The van der Waals surface area contributed by atoms with Gasteiger partial charge in [-0.1, -0.05) is 22.9 Å². The Morgan fingerprint density at radius 2 is 2.27 bits per heavy atom. The Balaban J connectivity index is 2.87. The molecule has 11 heavy (non-hydrogen) atoms. The predicted molar refractivity (Wildman–Crippen MR) is 48.0 cm³/mol. The highest BCUT2D eigenvalue weighted by atomic mass is 35.5. The molecule has 0 aliphatic heterocycles. The molecular weight excluding hydrogens is 178 g/mol. The van der Waals surface area contributed by atoms with Crippen LogP contribution in [-0.2, 0) is 7.05 Å². The standard InChI is InChI=1S/C8H7ClNS/c1-10-5-11-8-3-2-6(9)4-7(8)10/h2-5H,1H3/q+1. The summed E-state index contributed by atoms with van der Waals surface area (Å²) in [5.41, 5.74) is 3.27. The molecule has 0 saturated heterocycles. The van der Waals surface area contributed by atoms with E-state index in [1.807, 2.05) is 25.2 Å². The molecule has 0 aliphatic carbocycles. The molecule has 1 aromatic heterocycles. The Morgan fingerprint density at radius 3 is 3.09 bits per heavy atom. The minimum atomic E-state index is 0.798. The second kappa shape index (κ2) is 2.47. The lowest BCUT2D eigenvalue weighted by molar-refractivity contribution is -0.640. The summed E-state index contributed by atoms with van der Waals surface area (Å²) in [6.07, 6.45) is 0. The Morgan fingerprint density at radius 1 is 1.45 bits per heavy atom. The van der Waals surface area contributed by atoms with E-state index < -0.39 is 0 Å².